The number of pyridine rings is 1. The molecule has 26 heavy (non-hydrogen) atoms. The Balaban J connectivity index is 1.92. The van der Waals surface area contributed by atoms with Crippen molar-refractivity contribution in [3.63, 3.8) is 0 Å². The van der Waals surface area contributed by atoms with Crippen molar-refractivity contribution >= 4 is 29.3 Å². The number of nitrogens with zero attached hydrogens (tertiary/aromatic N) is 1. The number of nitrogens with one attached hydrogen (secondary N) is 2. The van der Waals surface area contributed by atoms with Gasteiger partial charge in [-0.05, 0) is 36.2 Å². The number of amides is 2. The van der Waals surface area contributed by atoms with Gasteiger partial charge in [0.2, 0.25) is 5.91 Å². The second-order valence-electron chi connectivity index (χ2n) is 5.29. The molecule has 2 amide bonds. The van der Waals surface area contributed by atoms with Gasteiger partial charge in [-0.25, -0.2) is 4.98 Å². The summed E-state index contributed by atoms with van der Waals surface area (Å²) < 4.78 is 37.6. The minimum absolute atomic E-state index is 0.115. The van der Waals surface area contributed by atoms with Crippen molar-refractivity contribution in [1.29, 1.82) is 0 Å². The van der Waals surface area contributed by atoms with Gasteiger partial charge in [0.25, 0.3) is 5.91 Å². The molecular weight excluding hydrogens is 367 g/mol. The van der Waals surface area contributed by atoms with Gasteiger partial charge in [0, 0.05) is 37.1 Å². The Morgan fingerprint density at radius 3 is 2.46 bits per heavy atom. The molecule has 1 aromatic carbocycles. The molecule has 0 radical (unpaired) electrons. The molecule has 5 nitrogen and oxygen atoms in total. The summed E-state index contributed by atoms with van der Waals surface area (Å²) in [6, 6.07) is 9.78. The molecule has 0 spiro atoms. The van der Waals surface area contributed by atoms with Crippen molar-refractivity contribution in [2.24, 2.45) is 0 Å². The number of rotatable bonds is 6. The van der Waals surface area contributed by atoms with Crippen molar-refractivity contribution in [2.75, 3.05) is 11.9 Å². The maximum absolute atomic E-state index is 12.5. The summed E-state index contributed by atoms with van der Waals surface area (Å²) in [5.41, 5.74) is -3.06. The highest BCUT2D eigenvalue weighted by molar-refractivity contribution is 8.00. The number of thioether (sulfide) groups is 1. The SMILES string of the molecule is CC(=O)Nc1ccc(CCNC(=O)c2cccnc2SC(F)(F)F)cc1. The van der Waals surface area contributed by atoms with Gasteiger partial charge in [0.15, 0.2) is 0 Å². The van der Waals surface area contributed by atoms with Gasteiger partial charge in [-0.15, -0.1) is 0 Å². The molecular formula is C17H16F3N3O2S. The van der Waals surface area contributed by atoms with Crippen LogP contribution in [0.3, 0.4) is 0 Å². The fourth-order valence-electron chi connectivity index (χ4n) is 2.13. The molecule has 1 aromatic heterocycles. The van der Waals surface area contributed by atoms with Crippen LogP contribution in [0.5, 0.6) is 0 Å². The summed E-state index contributed by atoms with van der Waals surface area (Å²) in [5.74, 6) is -0.784. The zero-order valence-corrected chi connectivity index (χ0v) is 14.6. The summed E-state index contributed by atoms with van der Waals surface area (Å²) >= 11 is -0.415. The molecule has 0 atom stereocenters. The molecule has 0 aliphatic rings. The fraction of sp³-hybridized carbons (Fsp3) is 0.235. The van der Waals surface area contributed by atoms with Crippen LogP contribution in [0.4, 0.5) is 18.9 Å². The first kappa shape index (κ1) is 19.8. The summed E-state index contributed by atoms with van der Waals surface area (Å²) in [6.45, 7) is 1.66. The summed E-state index contributed by atoms with van der Waals surface area (Å²) in [7, 11) is 0. The first-order valence-corrected chi connectivity index (χ1v) is 8.42. The minimum atomic E-state index is -4.51. The Morgan fingerprint density at radius 2 is 1.85 bits per heavy atom. The van der Waals surface area contributed by atoms with Crippen LogP contribution >= 0.6 is 11.8 Å². The molecule has 0 aliphatic carbocycles. The van der Waals surface area contributed by atoms with Gasteiger partial charge in [0.05, 0.1) is 5.56 Å². The molecule has 2 N–H and O–H groups in total. The third-order valence-corrected chi connectivity index (χ3v) is 3.95. The van der Waals surface area contributed by atoms with Crippen molar-refractivity contribution in [2.45, 2.75) is 23.9 Å². The van der Waals surface area contributed by atoms with Gasteiger partial charge < -0.3 is 10.6 Å². The minimum Gasteiger partial charge on any atom is -0.352 e. The number of hydrogen-bond donors (Lipinski definition) is 2. The second kappa shape index (κ2) is 8.70. The average Bonchev–Trinajstić information content (AvgIpc) is 2.55. The Labute approximate surface area is 152 Å². The number of aromatic nitrogens is 1. The Hall–Kier alpha value is -2.55. The topological polar surface area (TPSA) is 71.1 Å². The van der Waals surface area contributed by atoms with E-state index in [4.69, 9.17) is 0 Å². The standard InChI is InChI=1S/C17H16F3N3O2S/c1-11(24)23-13-6-4-12(5-7-13)8-10-21-15(25)14-3-2-9-22-16(14)26-17(18,19)20/h2-7,9H,8,10H2,1H3,(H,21,25)(H,23,24). The lowest BCUT2D eigenvalue weighted by Crippen LogP contribution is -2.26. The maximum atomic E-state index is 12.5. The van der Waals surface area contributed by atoms with Crippen LogP contribution in [-0.4, -0.2) is 28.9 Å². The van der Waals surface area contributed by atoms with Crippen LogP contribution in [0.25, 0.3) is 0 Å². The van der Waals surface area contributed by atoms with E-state index in [1.54, 1.807) is 24.3 Å². The molecule has 0 aliphatic heterocycles. The molecule has 138 valence electrons. The van der Waals surface area contributed by atoms with Crippen LogP contribution < -0.4 is 10.6 Å². The number of benzene rings is 1. The number of carbonyl (C=O) groups is 2. The molecule has 0 saturated heterocycles. The van der Waals surface area contributed by atoms with Crippen molar-refractivity contribution in [3.05, 3.63) is 53.7 Å². The van der Waals surface area contributed by atoms with Crippen molar-refractivity contribution < 1.29 is 22.8 Å². The zero-order valence-electron chi connectivity index (χ0n) is 13.8. The lowest BCUT2D eigenvalue weighted by Gasteiger charge is -2.10. The lowest BCUT2D eigenvalue weighted by atomic mass is 10.1. The molecule has 1 heterocycles. The molecule has 9 heteroatoms. The van der Waals surface area contributed by atoms with Crippen molar-refractivity contribution in [1.82, 2.24) is 10.3 Å². The monoisotopic (exact) mass is 383 g/mol. The highest BCUT2D eigenvalue weighted by Crippen LogP contribution is 2.37. The van der Waals surface area contributed by atoms with Crippen LogP contribution in [0.15, 0.2) is 47.6 Å². The highest BCUT2D eigenvalue weighted by atomic mass is 32.2. The lowest BCUT2D eigenvalue weighted by molar-refractivity contribution is -0.114. The van der Waals surface area contributed by atoms with Gasteiger partial charge in [-0.1, -0.05) is 12.1 Å². The molecule has 0 unspecified atom stereocenters. The highest BCUT2D eigenvalue weighted by Gasteiger charge is 2.32. The fourth-order valence-corrected chi connectivity index (χ4v) is 2.73. The molecule has 0 bridgehead atoms. The largest absolute Gasteiger partial charge is 0.447 e. The molecule has 2 aromatic rings. The quantitative estimate of drug-likeness (QED) is 0.748. The smallest absolute Gasteiger partial charge is 0.352 e. The third-order valence-electron chi connectivity index (χ3n) is 3.20. The maximum Gasteiger partial charge on any atom is 0.447 e. The molecule has 0 saturated carbocycles. The number of halogens is 3. The van der Waals surface area contributed by atoms with E-state index in [2.05, 4.69) is 15.6 Å². The number of hydrogen-bond acceptors (Lipinski definition) is 4. The van der Waals surface area contributed by atoms with Crippen LogP contribution in [0.2, 0.25) is 0 Å². The first-order valence-electron chi connectivity index (χ1n) is 7.60. The Bertz CT molecular complexity index is 780. The van der Waals surface area contributed by atoms with Gasteiger partial charge >= 0.3 is 5.51 Å². The second-order valence-corrected chi connectivity index (χ2v) is 6.34. The average molecular weight is 383 g/mol. The third kappa shape index (κ3) is 6.40. The normalized spacial score (nSPS) is 11.1. The van der Waals surface area contributed by atoms with E-state index in [-0.39, 0.29) is 23.0 Å². The van der Waals surface area contributed by atoms with Crippen molar-refractivity contribution in [3.8, 4) is 0 Å². The Morgan fingerprint density at radius 1 is 1.15 bits per heavy atom. The van der Waals surface area contributed by atoms with E-state index in [0.717, 1.165) is 5.56 Å². The van der Waals surface area contributed by atoms with Crippen LogP contribution in [0, 0.1) is 0 Å². The van der Waals surface area contributed by atoms with Gasteiger partial charge in [0.1, 0.15) is 5.03 Å². The van der Waals surface area contributed by atoms with E-state index >= 15 is 0 Å². The van der Waals surface area contributed by atoms with E-state index in [9.17, 15) is 22.8 Å². The number of carbonyl (C=O) groups excluding carboxylic acids is 2. The van der Waals surface area contributed by atoms with Gasteiger partial charge in [-0.2, -0.15) is 13.2 Å². The molecule has 2 rings (SSSR count). The van der Waals surface area contributed by atoms with Crippen LogP contribution in [0.1, 0.15) is 22.8 Å². The predicted octanol–water partition coefficient (Wildman–Crippen LogP) is 3.62. The number of anilines is 1. The van der Waals surface area contributed by atoms with Gasteiger partial charge in [-0.3, -0.25) is 9.59 Å². The number of alkyl halides is 3. The zero-order chi connectivity index (χ0) is 19.2. The molecule has 0 fully saturated rings. The Kier molecular flexibility index (Phi) is 6.62. The van der Waals surface area contributed by atoms with E-state index < -0.39 is 23.2 Å². The van der Waals surface area contributed by atoms with Crippen LogP contribution in [-0.2, 0) is 11.2 Å². The first-order chi connectivity index (χ1) is 12.2. The van der Waals surface area contributed by atoms with E-state index in [1.807, 2.05) is 0 Å². The summed E-state index contributed by atoms with van der Waals surface area (Å²) in [5, 5.41) is 4.86. The van der Waals surface area contributed by atoms with E-state index in [1.165, 1.54) is 25.3 Å². The summed E-state index contributed by atoms with van der Waals surface area (Å²) in [4.78, 5) is 26.7. The summed E-state index contributed by atoms with van der Waals surface area (Å²) in [6.07, 6.45) is 1.70. The van der Waals surface area contributed by atoms with E-state index in [0.29, 0.717) is 12.1 Å². The predicted molar refractivity (Wildman–Crippen MR) is 92.9 cm³/mol.